The van der Waals surface area contributed by atoms with E-state index in [1.54, 1.807) is 29.0 Å². The highest BCUT2D eigenvalue weighted by atomic mass is 35.5. The summed E-state index contributed by atoms with van der Waals surface area (Å²) in [5, 5.41) is 5.13. The van der Waals surface area contributed by atoms with E-state index in [9.17, 15) is 4.39 Å². The van der Waals surface area contributed by atoms with Crippen LogP contribution in [0.3, 0.4) is 0 Å². The Bertz CT molecular complexity index is 976. The molecule has 0 aliphatic rings. The van der Waals surface area contributed by atoms with Crippen LogP contribution in [-0.4, -0.2) is 14.6 Å². The standard InChI is InChI=1S/C18H11ClFN3/c19-14-5-1-12(2-6-14)16-11-22-23-17(9-10-21-18(16)23)13-3-7-15(20)8-4-13/h1-11H. The fraction of sp³-hybridized carbons (Fsp3) is 0. The van der Waals surface area contributed by atoms with E-state index in [0.717, 1.165) is 28.0 Å². The van der Waals surface area contributed by atoms with E-state index >= 15 is 0 Å². The van der Waals surface area contributed by atoms with Gasteiger partial charge >= 0.3 is 0 Å². The van der Waals surface area contributed by atoms with Gasteiger partial charge in [0.1, 0.15) is 5.82 Å². The number of nitrogens with zero attached hydrogens (tertiary/aromatic N) is 3. The summed E-state index contributed by atoms with van der Waals surface area (Å²) in [7, 11) is 0. The molecule has 5 heteroatoms. The van der Waals surface area contributed by atoms with E-state index in [-0.39, 0.29) is 5.82 Å². The molecule has 3 nitrogen and oxygen atoms in total. The summed E-state index contributed by atoms with van der Waals surface area (Å²) in [6, 6.07) is 15.7. The maximum atomic E-state index is 13.1. The predicted molar refractivity (Wildman–Crippen MR) is 88.8 cm³/mol. The van der Waals surface area contributed by atoms with Crippen molar-refractivity contribution in [3.63, 3.8) is 0 Å². The lowest BCUT2D eigenvalue weighted by Gasteiger charge is -2.05. The molecule has 0 N–H and O–H groups in total. The number of halogens is 2. The molecule has 0 saturated heterocycles. The molecular weight excluding hydrogens is 313 g/mol. The van der Waals surface area contributed by atoms with Crippen LogP contribution in [-0.2, 0) is 0 Å². The van der Waals surface area contributed by atoms with Crippen molar-refractivity contribution < 1.29 is 4.39 Å². The highest BCUT2D eigenvalue weighted by Crippen LogP contribution is 2.27. The predicted octanol–water partition coefficient (Wildman–Crippen LogP) is 4.86. The van der Waals surface area contributed by atoms with Crippen LogP contribution in [0.2, 0.25) is 5.02 Å². The second-order valence-corrected chi connectivity index (χ2v) is 5.57. The highest BCUT2D eigenvalue weighted by Gasteiger charge is 2.11. The van der Waals surface area contributed by atoms with Crippen LogP contribution in [0.15, 0.2) is 67.0 Å². The lowest BCUT2D eigenvalue weighted by atomic mass is 10.1. The van der Waals surface area contributed by atoms with Gasteiger partial charge in [0.2, 0.25) is 0 Å². The fourth-order valence-corrected chi connectivity index (χ4v) is 2.69. The van der Waals surface area contributed by atoms with Crippen molar-refractivity contribution in [2.24, 2.45) is 0 Å². The molecule has 23 heavy (non-hydrogen) atoms. The van der Waals surface area contributed by atoms with Gasteiger partial charge in [-0.05, 0) is 48.0 Å². The van der Waals surface area contributed by atoms with Gasteiger partial charge in [0, 0.05) is 22.3 Å². The maximum absolute atomic E-state index is 13.1. The van der Waals surface area contributed by atoms with Gasteiger partial charge in [0.25, 0.3) is 0 Å². The first-order chi connectivity index (χ1) is 11.2. The van der Waals surface area contributed by atoms with Gasteiger partial charge in [0.05, 0.1) is 11.9 Å². The maximum Gasteiger partial charge on any atom is 0.163 e. The SMILES string of the molecule is Fc1ccc(-c2ccnc3c(-c4ccc(Cl)cc4)cnn23)cc1. The molecule has 112 valence electrons. The van der Waals surface area contributed by atoms with Crippen LogP contribution in [0.5, 0.6) is 0 Å². The summed E-state index contributed by atoms with van der Waals surface area (Å²) in [6.07, 6.45) is 3.51. The smallest absolute Gasteiger partial charge is 0.163 e. The Kier molecular flexibility index (Phi) is 3.32. The Hall–Kier alpha value is -2.72. The summed E-state index contributed by atoms with van der Waals surface area (Å²) in [5.41, 5.74) is 4.40. The third-order valence-corrected chi connectivity index (χ3v) is 3.95. The van der Waals surface area contributed by atoms with Gasteiger partial charge in [-0.1, -0.05) is 23.7 Å². The molecule has 0 atom stereocenters. The first-order valence-electron chi connectivity index (χ1n) is 7.07. The average Bonchev–Trinajstić information content (AvgIpc) is 3.00. The third kappa shape index (κ3) is 2.47. The number of fused-ring (bicyclic) bond motifs is 1. The van der Waals surface area contributed by atoms with Gasteiger partial charge in [-0.15, -0.1) is 0 Å². The molecule has 0 aliphatic carbocycles. The summed E-state index contributed by atoms with van der Waals surface area (Å²) in [6.45, 7) is 0. The Balaban J connectivity index is 1.89. The van der Waals surface area contributed by atoms with Gasteiger partial charge in [-0.25, -0.2) is 13.9 Å². The Labute approximate surface area is 137 Å². The van der Waals surface area contributed by atoms with E-state index in [4.69, 9.17) is 11.6 Å². The fourth-order valence-electron chi connectivity index (χ4n) is 2.56. The largest absolute Gasteiger partial charge is 0.236 e. The molecule has 2 aromatic carbocycles. The number of benzene rings is 2. The molecule has 0 radical (unpaired) electrons. The third-order valence-electron chi connectivity index (χ3n) is 3.70. The van der Waals surface area contributed by atoms with Crippen LogP contribution < -0.4 is 0 Å². The summed E-state index contributed by atoms with van der Waals surface area (Å²) in [4.78, 5) is 4.44. The zero-order valence-electron chi connectivity index (χ0n) is 11.9. The van der Waals surface area contributed by atoms with Gasteiger partial charge in [-0.2, -0.15) is 5.10 Å². The van der Waals surface area contributed by atoms with Crippen LogP contribution in [0, 0.1) is 5.82 Å². The van der Waals surface area contributed by atoms with Crippen molar-refractivity contribution in [2.75, 3.05) is 0 Å². The van der Waals surface area contributed by atoms with Crippen LogP contribution in [0.4, 0.5) is 4.39 Å². The Morgan fingerprint density at radius 1 is 0.870 bits per heavy atom. The molecule has 0 bridgehead atoms. The van der Waals surface area contributed by atoms with E-state index < -0.39 is 0 Å². The quantitative estimate of drug-likeness (QED) is 0.527. The average molecular weight is 324 g/mol. The summed E-state index contributed by atoms with van der Waals surface area (Å²) >= 11 is 5.94. The van der Waals surface area contributed by atoms with Crippen LogP contribution in [0.1, 0.15) is 0 Å². The van der Waals surface area contributed by atoms with E-state index in [1.807, 2.05) is 30.3 Å². The topological polar surface area (TPSA) is 30.2 Å². The molecule has 2 aromatic heterocycles. The van der Waals surface area contributed by atoms with Crippen molar-refractivity contribution in [1.82, 2.24) is 14.6 Å². The minimum absolute atomic E-state index is 0.263. The molecular formula is C18H11ClFN3. The number of aromatic nitrogens is 3. The zero-order chi connectivity index (χ0) is 15.8. The number of hydrogen-bond donors (Lipinski definition) is 0. The Morgan fingerprint density at radius 2 is 1.57 bits per heavy atom. The molecule has 0 aliphatic heterocycles. The van der Waals surface area contributed by atoms with Crippen molar-refractivity contribution in [2.45, 2.75) is 0 Å². The molecule has 0 fully saturated rings. The number of rotatable bonds is 2. The minimum atomic E-state index is -0.263. The van der Waals surface area contributed by atoms with Gasteiger partial charge in [-0.3, -0.25) is 0 Å². The molecule has 2 heterocycles. The van der Waals surface area contributed by atoms with Crippen molar-refractivity contribution in [1.29, 1.82) is 0 Å². The molecule has 4 aromatic rings. The molecule has 0 saturated carbocycles. The lowest BCUT2D eigenvalue weighted by molar-refractivity contribution is 0.628. The van der Waals surface area contributed by atoms with E-state index in [0.29, 0.717) is 5.02 Å². The second kappa shape index (κ2) is 5.48. The first-order valence-corrected chi connectivity index (χ1v) is 7.45. The zero-order valence-corrected chi connectivity index (χ0v) is 12.7. The lowest BCUT2D eigenvalue weighted by Crippen LogP contribution is -1.95. The van der Waals surface area contributed by atoms with Gasteiger partial charge in [0.15, 0.2) is 5.65 Å². The highest BCUT2D eigenvalue weighted by molar-refractivity contribution is 6.30. The molecule has 0 unspecified atom stereocenters. The molecule has 0 amide bonds. The number of hydrogen-bond acceptors (Lipinski definition) is 2. The Morgan fingerprint density at radius 3 is 2.30 bits per heavy atom. The normalized spacial score (nSPS) is 11.0. The molecule has 4 rings (SSSR count). The van der Waals surface area contributed by atoms with Gasteiger partial charge < -0.3 is 0 Å². The van der Waals surface area contributed by atoms with E-state index in [1.165, 1.54) is 12.1 Å². The monoisotopic (exact) mass is 323 g/mol. The van der Waals surface area contributed by atoms with Crippen molar-refractivity contribution >= 4 is 17.2 Å². The minimum Gasteiger partial charge on any atom is -0.236 e. The van der Waals surface area contributed by atoms with Crippen molar-refractivity contribution in [3.8, 4) is 22.4 Å². The van der Waals surface area contributed by atoms with Crippen LogP contribution in [0.25, 0.3) is 28.0 Å². The first kappa shape index (κ1) is 13.9. The van der Waals surface area contributed by atoms with E-state index in [2.05, 4.69) is 10.1 Å². The molecule has 0 spiro atoms. The summed E-state index contributed by atoms with van der Waals surface area (Å²) < 4.78 is 14.9. The second-order valence-electron chi connectivity index (χ2n) is 5.14. The van der Waals surface area contributed by atoms with Crippen molar-refractivity contribution in [3.05, 3.63) is 77.8 Å². The summed E-state index contributed by atoms with van der Waals surface area (Å²) in [5.74, 6) is -0.263. The van der Waals surface area contributed by atoms with Crippen LogP contribution >= 0.6 is 11.6 Å².